The summed E-state index contributed by atoms with van der Waals surface area (Å²) in [5, 5.41) is 20.3. The first kappa shape index (κ1) is 10.9. The lowest BCUT2D eigenvalue weighted by molar-refractivity contribution is -0.383. The van der Waals surface area contributed by atoms with E-state index in [1.165, 1.54) is 12.1 Å². The van der Waals surface area contributed by atoms with E-state index in [0.717, 1.165) is 11.4 Å². The molecule has 2 rings (SSSR count). The maximum Gasteiger partial charge on any atom is 0.292 e. The second kappa shape index (κ2) is 4.52. The van der Waals surface area contributed by atoms with Crippen molar-refractivity contribution in [1.29, 1.82) is 0 Å². The van der Waals surface area contributed by atoms with Crippen LogP contribution in [0.3, 0.4) is 0 Å². The molecule has 0 fully saturated rings. The molecule has 0 atom stereocenters. The van der Waals surface area contributed by atoms with Gasteiger partial charge in [0.2, 0.25) is 0 Å². The highest BCUT2D eigenvalue weighted by atomic mass is 16.6. The molecule has 0 radical (unpaired) electrons. The lowest BCUT2D eigenvalue weighted by Gasteiger charge is -2.05. The number of benzene rings is 1. The Labute approximate surface area is 96.8 Å². The maximum atomic E-state index is 10.6. The Kier molecular flexibility index (Phi) is 2.91. The van der Waals surface area contributed by atoms with Crippen molar-refractivity contribution in [3.63, 3.8) is 0 Å². The van der Waals surface area contributed by atoms with E-state index in [9.17, 15) is 10.1 Å². The summed E-state index contributed by atoms with van der Waals surface area (Å²) in [5.41, 5.74) is 7.27. The van der Waals surface area contributed by atoms with Crippen LogP contribution in [0.25, 0.3) is 0 Å². The number of aromatic nitrogens is 2. The third kappa shape index (κ3) is 2.51. The average molecular weight is 233 g/mol. The van der Waals surface area contributed by atoms with Gasteiger partial charge in [-0.25, -0.2) is 0 Å². The van der Waals surface area contributed by atoms with Crippen molar-refractivity contribution in [2.45, 2.75) is 6.54 Å². The Bertz CT molecular complexity index is 523. The SMILES string of the molecule is Nc1cc(NCc2ccn[nH]2)ccc1[N+](=O)[O-]. The molecule has 0 spiro atoms. The molecule has 0 aliphatic carbocycles. The third-order valence-corrected chi connectivity index (χ3v) is 2.27. The topological polar surface area (TPSA) is 110 Å². The first-order chi connectivity index (χ1) is 8.16. The Hall–Kier alpha value is -2.57. The minimum absolute atomic E-state index is 0.0860. The van der Waals surface area contributed by atoms with Gasteiger partial charge < -0.3 is 11.1 Å². The van der Waals surface area contributed by atoms with Crippen molar-refractivity contribution in [2.24, 2.45) is 0 Å². The fraction of sp³-hybridized carbons (Fsp3) is 0.100. The molecule has 4 N–H and O–H groups in total. The largest absolute Gasteiger partial charge is 0.393 e. The van der Waals surface area contributed by atoms with Crippen molar-refractivity contribution in [3.8, 4) is 0 Å². The van der Waals surface area contributed by atoms with Crippen molar-refractivity contribution >= 4 is 17.1 Å². The lowest BCUT2D eigenvalue weighted by atomic mass is 10.2. The summed E-state index contributed by atoms with van der Waals surface area (Å²) < 4.78 is 0. The number of aromatic amines is 1. The fourth-order valence-electron chi connectivity index (χ4n) is 1.41. The molecule has 0 saturated heterocycles. The number of nitrogens with two attached hydrogens (primary N) is 1. The number of nitro benzene ring substituents is 1. The van der Waals surface area contributed by atoms with Gasteiger partial charge in [-0.3, -0.25) is 15.2 Å². The molecule has 0 saturated carbocycles. The molecule has 7 nitrogen and oxygen atoms in total. The molecule has 0 aliphatic heterocycles. The van der Waals surface area contributed by atoms with Crippen LogP contribution in [-0.2, 0) is 6.54 Å². The maximum absolute atomic E-state index is 10.6. The molecule has 0 amide bonds. The molecule has 2 aromatic rings. The summed E-state index contributed by atoms with van der Waals surface area (Å²) in [5.74, 6) is 0. The molecule has 17 heavy (non-hydrogen) atoms. The number of nitrogen functional groups attached to an aromatic ring is 1. The molecule has 0 aliphatic rings. The van der Waals surface area contributed by atoms with Gasteiger partial charge in [0.1, 0.15) is 5.69 Å². The van der Waals surface area contributed by atoms with Crippen molar-refractivity contribution in [3.05, 3.63) is 46.3 Å². The van der Waals surface area contributed by atoms with Gasteiger partial charge in [-0.1, -0.05) is 0 Å². The highest BCUT2D eigenvalue weighted by Gasteiger charge is 2.10. The number of nitro groups is 1. The number of nitrogens with zero attached hydrogens (tertiary/aromatic N) is 2. The second-order valence-corrected chi connectivity index (χ2v) is 3.47. The van der Waals surface area contributed by atoms with Crippen LogP contribution in [0.5, 0.6) is 0 Å². The van der Waals surface area contributed by atoms with E-state index in [2.05, 4.69) is 15.5 Å². The van der Waals surface area contributed by atoms with Crippen LogP contribution >= 0.6 is 0 Å². The minimum Gasteiger partial charge on any atom is -0.393 e. The molecule has 1 aromatic carbocycles. The molecule has 1 aromatic heterocycles. The Morgan fingerprint density at radius 1 is 1.47 bits per heavy atom. The van der Waals surface area contributed by atoms with Crippen LogP contribution in [0.15, 0.2) is 30.5 Å². The Balaban J connectivity index is 2.07. The van der Waals surface area contributed by atoms with Gasteiger partial charge in [0.05, 0.1) is 17.2 Å². The quantitative estimate of drug-likeness (QED) is 0.421. The molecular formula is C10H11N5O2. The molecule has 88 valence electrons. The zero-order chi connectivity index (χ0) is 12.3. The van der Waals surface area contributed by atoms with Gasteiger partial charge in [-0.15, -0.1) is 0 Å². The molecule has 7 heteroatoms. The van der Waals surface area contributed by atoms with Gasteiger partial charge in [0.25, 0.3) is 5.69 Å². The number of rotatable bonds is 4. The number of anilines is 2. The van der Waals surface area contributed by atoms with Gasteiger partial charge in [-0.05, 0) is 18.2 Å². The number of hydrogen-bond acceptors (Lipinski definition) is 5. The van der Waals surface area contributed by atoms with Crippen LogP contribution in [0.1, 0.15) is 5.69 Å². The van der Waals surface area contributed by atoms with Crippen molar-refractivity contribution in [1.82, 2.24) is 10.2 Å². The zero-order valence-corrected chi connectivity index (χ0v) is 8.88. The summed E-state index contributed by atoms with van der Waals surface area (Å²) in [6, 6.07) is 6.37. The van der Waals surface area contributed by atoms with E-state index in [1.807, 2.05) is 6.07 Å². The second-order valence-electron chi connectivity index (χ2n) is 3.47. The highest BCUT2D eigenvalue weighted by molar-refractivity contribution is 5.65. The standard InChI is InChI=1S/C10H11N5O2/c11-9-5-7(1-2-10(9)15(16)17)12-6-8-3-4-13-14-8/h1-5,12H,6,11H2,(H,13,14). The average Bonchev–Trinajstić information content (AvgIpc) is 2.78. The van der Waals surface area contributed by atoms with Crippen LogP contribution in [0, 0.1) is 10.1 Å². The van der Waals surface area contributed by atoms with E-state index in [-0.39, 0.29) is 11.4 Å². The fourth-order valence-corrected chi connectivity index (χ4v) is 1.41. The van der Waals surface area contributed by atoms with Gasteiger partial charge in [-0.2, -0.15) is 5.10 Å². The monoisotopic (exact) mass is 233 g/mol. The number of nitrogens with one attached hydrogen (secondary N) is 2. The summed E-state index contributed by atoms with van der Waals surface area (Å²) in [7, 11) is 0. The van der Waals surface area contributed by atoms with E-state index < -0.39 is 4.92 Å². The Morgan fingerprint density at radius 2 is 2.29 bits per heavy atom. The Morgan fingerprint density at radius 3 is 2.88 bits per heavy atom. The molecule has 0 bridgehead atoms. The van der Waals surface area contributed by atoms with Gasteiger partial charge in [0.15, 0.2) is 0 Å². The molecular weight excluding hydrogens is 222 g/mol. The summed E-state index contributed by atoms with van der Waals surface area (Å²) in [4.78, 5) is 10.1. The number of hydrogen-bond donors (Lipinski definition) is 3. The van der Waals surface area contributed by atoms with E-state index in [1.54, 1.807) is 12.3 Å². The summed E-state index contributed by atoms with van der Waals surface area (Å²) in [6.45, 7) is 0.553. The summed E-state index contributed by atoms with van der Waals surface area (Å²) >= 11 is 0. The van der Waals surface area contributed by atoms with E-state index in [0.29, 0.717) is 6.54 Å². The van der Waals surface area contributed by atoms with Crippen molar-refractivity contribution in [2.75, 3.05) is 11.1 Å². The van der Waals surface area contributed by atoms with Crippen molar-refractivity contribution < 1.29 is 4.92 Å². The van der Waals surface area contributed by atoms with Crippen LogP contribution in [0.2, 0.25) is 0 Å². The van der Waals surface area contributed by atoms with Crippen LogP contribution in [-0.4, -0.2) is 15.1 Å². The zero-order valence-electron chi connectivity index (χ0n) is 8.88. The smallest absolute Gasteiger partial charge is 0.292 e. The summed E-state index contributed by atoms with van der Waals surface area (Å²) in [6.07, 6.45) is 1.65. The van der Waals surface area contributed by atoms with Gasteiger partial charge >= 0.3 is 0 Å². The highest BCUT2D eigenvalue weighted by Crippen LogP contribution is 2.24. The van der Waals surface area contributed by atoms with E-state index in [4.69, 9.17) is 5.73 Å². The van der Waals surface area contributed by atoms with Gasteiger partial charge in [0, 0.05) is 18.0 Å². The molecule has 0 unspecified atom stereocenters. The first-order valence-corrected chi connectivity index (χ1v) is 4.93. The number of H-pyrrole nitrogens is 1. The first-order valence-electron chi connectivity index (χ1n) is 4.93. The normalized spacial score (nSPS) is 10.1. The minimum atomic E-state index is -0.506. The third-order valence-electron chi connectivity index (χ3n) is 2.27. The van der Waals surface area contributed by atoms with Crippen LogP contribution in [0.4, 0.5) is 17.1 Å². The lowest BCUT2D eigenvalue weighted by Crippen LogP contribution is -2.02. The molecule has 1 heterocycles. The predicted octanol–water partition coefficient (Wildman–Crippen LogP) is 1.51. The van der Waals surface area contributed by atoms with E-state index >= 15 is 0 Å². The van der Waals surface area contributed by atoms with Crippen LogP contribution < -0.4 is 11.1 Å². The predicted molar refractivity (Wildman–Crippen MR) is 63.4 cm³/mol.